The molecule has 7 nitrogen and oxygen atoms in total. The van der Waals surface area contributed by atoms with Crippen LogP contribution in [0.1, 0.15) is 39.3 Å². The average molecular weight is 365 g/mol. The predicted octanol–water partition coefficient (Wildman–Crippen LogP) is 3.03. The van der Waals surface area contributed by atoms with Gasteiger partial charge in [0, 0.05) is 43.5 Å². The number of anilines is 1. The summed E-state index contributed by atoms with van der Waals surface area (Å²) in [6.45, 7) is 10.7. The van der Waals surface area contributed by atoms with E-state index in [4.69, 9.17) is 4.98 Å². The molecule has 142 valence electrons. The van der Waals surface area contributed by atoms with Gasteiger partial charge in [-0.3, -0.25) is 9.78 Å². The lowest BCUT2D eigenvalue weighted by atomic mass is 10.0. The number of rotatable bonds is 3. The van der Waals surface area contributed by atoms with E-state index in [1.807, 2.05) is 18.5 Å². The van der Waals surface area contributed by atoms with E-state index in [0.717, 1.165) is 54.2 Å². The summed E-state index contributed by atoms with van der Waals surface area (Å²) in [6, 6.07) is 3.13. The fourth-order valence-electron chi connectivity index (χ4n) is 4.66. The number of likely N-dealkylation sites (tertiary alicyclic amines) is 1. The summed E-state index contributed by atoms with van der Waals surface area (Å²) in [6.07, 6.45) is 6.20. The molecule has 1 N–H and O–H groups in total. The van der Waals surface area contributed by atoms with Crippen molar-refractivity contribution in [1.29, 1.82) is 0 Å². The van der Waals surface area contributed by atoms with E-state index < -0.39 is 0 Å². The summed E-state index contributed by atoms with van der Waals surface area (Å²) in [7, 11) is 0. The van der Waals surface area contributed by atoms with Crippen LogP contribution in [-0.4, -0.2) is 55.0 Å². The second kappa shape index (κ2) is 6.34. The molecule has 1 fully saturated rings. The molecule has 5 rings (SSSR count). The third-order valence-electron chi connectivity index (χ3n) is 6.22. The second-order valence-corrected chi connectivity index (χ2v) is 7.94. The van der Waals surface area contributed by atoms with Crippen molar-refractivity contribution in [2.24, 2.45) is 0 Å². The molecule has 0 unspecified atom stereocenters. The number of piperidine rings is 1. The Kier molecular flexibility index (Phi) is 3.93. The van der Waals surface area contributed by atoms with Gasteiger partial charge in [-0.1, -0.05) is 0 Å². The van der Waals surface area contributed by atoms with Crippen LogP contribution >= 0.6 is 0 Å². The Morgan fingerprint density at radius 2 is 2.07 bits per heavy atom. The van der Waals surface area contributed by atoms with Gasteiger partial charge in [-0.2, -0.15) is 10.2 Å². The molecule has 0 spiro atoms. The van der Waals surface area contributed by atoms with Gasteiger partial charge in [-0.05, 0) is 39.7 Å². The van der Waals surface area contributed by atoms with Crippen LogP contribution in [0, 0.1) is 0 Å². The smallest absolute Gasteiger partial charge is 0.140 e. The number of aryl methyl sites for hydroxylation is 1. The van der Waals surface area contributed by atoms with Crippen molar-refractivity contribution in [3.8, 4) is 11.3 Å². The first-order valence-electron chi connectivity index (χ1n) is 10.1. The largest absolute Gasteiger partial charge is 0.347 e. The first-order valence-corrected chi connectivity index (χ1v) is 10.1. The zero-order valence-corrected chi connectivity index (χ0v) is 16.3. The lowest BCUT2D eigenvalue weighted by Gasteiger charge is -2.40. The van der Waals surface area contributed by atoms with Gasteiger partial charge in [0.15, 0.2) is 0 Å². The van der Waals surface area contributed by atoms with E-state index >= 15 is 0 Å². The maximum absolute atomic E-state index is 4.82. The number of fused-ring (bicyclic) bond motifs is 2. The van der Waals surface area contributed by atoms with E-state index in [0.29, 0.717) is 12.1 Å². The molecular weight excluding hydrogens is 338 g/mol. The van der Waals surface area contributed by atoms with Crippen molar-refractivity contribution in [1.82, 2.24) is 29.9 Å². The van der Waals surface area contributed by atoms with E-state index in [-0.39, 0.29) is 0 Å². The van der Waals surface area contributed by atoms with Crippen LogP contribution in [0.15, 0.2) is 18.5 Å². The van der Waals surface area contributed by atoms with E-state index in [9.17, 15) is 0 Å². The molecule has 3 aromatic heterocycles. The van der Waals surface area contributed by atoms with Crippen LogP contribution in [0.25, 0.3) is 22.2 Å². The van der Waals surface area contributed by atoms with Gasteiger partial charge in [-0.15, -0.1) is 0 Å². The lowest BCUT2D eigenvalue weighted by Crippen LogP contribution is -2.47. The van der Waals surface area contributed by atoms with Gasteiger partial charge in [-0.25, -0.2) is 4.98 Å². The highest BCUT2D eigenvalue weighted by atomic mass is 15.3. The van der Waals surface area contributed by atoms with Gasteiger partial charge < -0.3 is 9.80 Å². The summed E-state index contributed by atoms with van der Waals surface area (Å²) >= 11 is 0. The van der Waals surface area contributed by atoms with Crippen LogP contribution in [0.4, 0.5) is 5.82 Å². The average Bonchev–Trinajstić information content (AvgIpc) is 3.26. The topological polar surface area (TPSA) is 65.9 Å². The molecule has 0 aromatic carbocycles. The Morgan fingerprint density at radius 3 is 2.81 bits per heavy atom. The summed E-state index contributed by atoms with van der Waals surface area (Å²) in [5.41, 5.74) is 4.43. The number of H-pyrrole nitrogens is 1. The van der Waals surface area contributed by atoms with Gasteiger partial charge in [0.2, 0.25) is 0 Å². The monoisotopic (exact) mass is 365 g/mol. The van der Waals surface area contributed by atoms with E-state index in [1.165, 1.54) is 18.5 Å². The minimum absolute atomic E-state index is 0.493. The standard InChI is InChI=1S/C20H27N7/c1-4-27-17-12-26(14-6-9-25(10-7-14)13(2)3)20-18-16(5-8-21-20)23-24-19(18)15(17)11-22-27/h5,8,11,13-14H,4,6-7,9-10,12H2,1-3H3,(H,23,24). The Labute approximate surface area is 159 Å². The molecule has 0 bridgehead atoms. The van der Waals surface area contributed by atoms with E-state index in [1.54, 1.807) is 0 Å². The van der Waals surface area contributed by atoms with Gasteiger partial charge in [0.1, 0.15) is 11.5 Å². The molecule has 0 saturated carbocycles. The molecular formula is C20H27N7. The van der Waals surface area contributed by atoms with Crippen molar-refractivity contribution >= 4 is 16.7 Å². The Balaban J connectivity index is 1.61. The van der Waals surface area contributed by atoms with Gasteiger partial charge in [0.25, 0.3) is 0 Å². The Bertz CT molecular complexity index is 962. The maximum Gasteiger partial charge on any atom is 0.140 e. The van der Waals surface area contributed by atoms with Gasteiger partial charge >= 0.3 is 0 Å². The molecule has 3 aromatic rings. The molecule has 2 aliphatic rings. The summed E-state index contributed by atoms with van der Waals surface area (Å²) in [5, 5.41) is 13.6. The third kappa shape index (κ3) is 2.56. The van der Waals surface area contributed by atoms with Crippen molar-refractivity contribution < 1.29 is 0 Å². The first-order chi connectivity index (χ1) is 13.2. The van der Waals surface area contributed by atoms with Crippen molar-refractivity contribution in [3.05, 3.63) is 24.2 Å². The Morgan fingerprint density at radius 1 is 1.26 bits per heavy atom. The number of hydrogen-bond donors (Lipinski definition) is 1. The molecule has 2 aliphatic heterocycles. The fourth-order valence-corrected chi connectivity index (χ4v) is 4.66. The number of pyridine rings is 1. The number of aromatic nitrogens is 5. The molecule has 0 atom stereocenters. The zero-order valence-electron chi connectivity index (χ0n) is 16.3. The summed E-state index contributed by atoms with van der Waals surface area (Å²) in [4.78, 5) is 9.91. The second-order valence-electron chi connectivity index (χ2n) is 7.94. The normalized spacial score (nSPS) is 18.3. The highest BCUT2D eigenvalue weighted by Gasteiger charge is 2.33. The summed E-state index contributed by atoms with van der Waals surface area (Å²) < 4.78 is 2.11. The van der Waals surface area contributed by atoms with Crippen molar-refractivity contribution in [3.63, 3.8) is 0 Å². The third-order valence-corrected chi connectivity index (χ3v) is 6.22. The van der Waals surface area contributed by atoms with Crippen LogP contribution in [0.2, 0.25) is 0 Å². The number of nitrogens with one attached hydrogen (secondary N) is 1. The number of nitrogens with zero attached hydrogens (tertiary/aromatic N) is 6. The molecule has 0 aliphatic carbocycles. The minimum Gasteiger partial charge on any atom is -0.347 e. The highest BCUT2D eigenvalue weighted by Crippen LogP contribution is 2.40. The SMILES string of the molecule is CCn1ncc2c1CN(C1CCN(C(C)C)CC1)c1nccc3[nH]nc-2c13. The maximum atomic E-state index is 4.82. The zero-order chi connectivity index (χ0) is 18.5. The first kappa shape index (κ1) is 16.7. The molecule has 5 heterocycles. The molecule has 0 amide bonds. The van der Waals surface area contributed by atoms with Crippen molar-refractivity contribution in [2.45, 2.75) is 58.8 Å². The van der Waals surface area contributed by atoms with Crippen molar-refractivity contribution in [2.75, 3.05) is 18.0 Å². The fraction of sp³-hybridized carbons (Fsp3) is 0.550. The minimum atomic E-state index is 0.493. The Hall–Kier alpha value is -2.41. The highest BCUT2D eigenvalue weighted by molar-refractivity contribution is 6.02. The number of hydrogen-bond acceptors (Lipinski definition) is 5. The number of aromatic amines is 1. The van der Waals surface area contributed by atoms with Crippen LogP contribution in [0.5, 0.6) is 0 Å². The quantitative estimate of drug-likeness (QED) is 0.773. The van der Waals surface area contributed by atoms with Crippen LogP contribution in [-0.2, 0) is 13.1 Å². The van der Waals surface area contributed by atoms with Gasteiger partial charge in [0.05, 0.1) is 29.3 Å². The predicted molar refractivity (Wildman–Crippen MR) is 107 cm³/mol. The van der Waals surface area contributed by atoms with Crippen LogP contribution in [0.3, 0.4) is 0 Å². The summed E-state index contributed by atoms with van der Waals surface area (Å²) in [5.74, 6) is 1.07. The molecule has 7 heteroatoms. The molecule has 0 radical (unpaired) electrons. The van der Waals surface area contributed by atoms with E-state index in [2.05, 4.69) is 50.5 Å². The molecule has 1 saturated heterocycles. The van der Waals surface area contributed by atoms with Crippen LogP contribution < -0.4 is 4.90 Å². The lowest BCUT2D eigenvalue weighted by molar-refractivity contribution is 0.169. The molecule has 27 heavy (non-hydrogen) atoms.